The lowest BCUT2D eigenvalue weighted by Crippen LogP contribution is -2.38. The van der Waals surface area contributed by atoms with Crippen LogP contribution in [0.5, 0.6) is 5.75 Å². The molecule has 2 unspecified atom stereocenters. The monoisotopic (exact) mass is 282 g/mol. The van der Waals surface area contributed by atoms with Gasteiger partial charge in [0.15, 0.2) is 0 Å². The van der Waals surface area contributed by atoms with Gasteiger partial charge < -0.3 is 15.8 Å². The summed E-state index contributed by atoms with van der Waals surface area (Å²) in [6, 6.07) is 5.60. The molecule has 0 bridgehead atoms. The maximum Gasteiger partial charge on any atom is 0.226 e. The van der Waals surface area contributed by atoms with Crippen molar-refractivity contribution in [1.29, 1.82) is 0 Å². The number of halogens is 1. The fourth-order valence-electron chi connectivity index (χ4n) is 2.10. The van der Waals surface area contributed by atoms with Crippen LogP contribution in [0.25, 0.3) is 0 Å². The summed E-state index contributed by atoms with van der Waals surface area (Å²) in [6.45, 7) is 2.95. The Kier molecular flexibility index (Phi) is 4.66. The number of amides is 1. The first kappa shape index (κ1) is 14.2. The minimum absolute atomic E-state index is 0.0197. The van der Waals surface area contributed by atoms with Gasteiger partial charge in [0, 0.05) is 17.6 Å². The van der Waals surface area contributed by atoms with E-state index in [2.05, 4.69) is 5.32 Å². The van der Waals surface area contributed by atoms with Crippen LogP contribution >= 0.6 is 11.6 Å². The molecule has 0 aromatic heterocycles. The van der Waals surface area contributed by atoms with Crippen molar-refractivity contribution < 1.29 is 9.53 Å². The number of hydrogen-bond donors (Lipinski definition) is 2. The van der Waals surface area contributed by atoms with Gasteiger partial charge in [-0.15, -0.1) is 0 Å². The normalized spacial score (nSPS) is 19.2. The highest BCUT2D eigenvalue weighted by atomic mass is 35.5. The van der Waals surface area contributed by atoms with Crippen LogP contribution in [0.1, 0.15) is 18.9 Å². The first-order chi connectivity index (χ1) is 9.06. The number of nitrogens with two attached hydrogens (primary N) is 1. The van der Waals surface area contributed by atoms with Gasteiger partial charge in [-0.05, 0) is 43.5 Å². The second-order valence-corrected chi connectivity index (χ2v) is 5.46. The summed E-state index contributed by atoms with van der Waals surface area (Å²) in [5, 5.41) is 3.56. The predicted molar refractivity (Wildman–Crippen MR) is 75.4 cm³/mol. The fourth-order valence-corrected chi connectivity index (χ4v) is 2.29. The van der Waals surface area contributed by atoms with Crippen LogP contribution < -0.4 is 15.8 Å². The zero-order valence-corrected chi connectivity index (χ0v) is 11.7. The summed E-state index contributed by atoms with van der Waals surface area (Å²) in [4.78, 5) is 12.0. The van der Waals surface area contributed by atoms with Crippen LogP contribution in [0.2, 0.25) is 5.02 Å². The summed E-state index contributed by atoms with van der Waals surface area (Å²) in [5.41, 5.74) is 6.64. The van der Waals surface area contributed by atoms with Crippen LogP contribution in [0.4, 0.5) is 0 Å². The molecule has 1 heterocycles. The first-order valence-corrected chi connectivity index (χ1v) is 6.88. The SMILES string of the molecule is CC(N)CCNC(=O)C1COc2ccc(Cl)cc2C1. The molecule has 2 atom stereocenters. The molecule has 5 heteroatoms. The average molecular weight is 283 g/mol. The van der Waals surface area contributed by atoms with Crippen LogP contribution in [-0.4, -0.2) is 25.1 Å². The zero-order valence-electron chi connectivity index (χ0n) is 11.0. The minimum Gasteiger partial charge on any atom is -0.492 e. The lowest BCUT2D eigenvalue weighted by molar-refractivity contribution is -0.126. The number of nitrogens with one attached hydrogen (secondary N) is 1. The number of carbonyl (C=O) groups is 1. The van der Waals surface area contributed by atoms with Crippen molar-refractivity contribution in [2.75, 3.05) is 13.2 Å². The molecule has 0 aliphatic carbocycles. The quantitative estimate of drug-likeness (QED) is 0.884. The fraction of sp³-hybridized carbons (Fsp3) is 0.500. The molecule has 4 nitrogen and oxygen atoms in total. The number of benzene rings is 1. The molecule has 1 aromatic rings. The summed E-state index contributed by atoms with van der Waals surface area (Å²) in [5.74, 6) is 0.689. The predicted octanol–water partition coefficient (Wildman–Crippen LogP) is 1.74. The van der Waals surface area contributed by atoms with Gasteiger partial charge in [0.1, 0.15) is 12.4 Å². The molecule has 1 aliphatic heterocycles. The highest BCUT2D eigenvalue weighted by Crippen LogP contribution is 2.29. The molecule has 19 heavy (non-hydrogen) atoms. The van der Waals surface area contributed by atoms with E-state index in [-0.39, 0.29) is 17.9 Å². The Hall–Kier alpha value is -1.26. The van der Waals surface area contributed by atoms with E-state index in [0.717, 1.165) is 17.7 Å². The van der Waals surface area contributed by atoms with Crippen molar-refractivity contribution in [2.24, 2.45) is 11.7 Å². The van der Waals surface area contributed by atoms with E-state index < -0.39 is 0 Å². The summed E-state index contributed by atoms with van der Waals surface area (Å²) in [6.07, 6.45) is 1.45. The molecule has 0 saturated heterocycles. The molecule has 1 aromatic carbocycles. The smallest absolute Gasteiger partial charge is 0.226 e. The van der Waals surface area contributed by atoms with Crippen molar-refractivity contribution in [3.8, 4) is 5.75 Å². The van der Waals surface area contributed by atoms with Crippen LogP contribution in [0.15, 0.2) is 18.2 Å². The molecular formula is C14H19ClN2O2. The topological polar surface area (TPSA) is 64.3 Å². The lowest BCUT2D eigenvalue weighted by atomic mass is 9.96. The maximum absolute atomic E-state index is 12.0. The van der Waals surface area contributed by atoms with E-state index in [1.54, 1.807) is 6.07 Å². The largest absolute Gasteiger partial charge is 0.492 e. The van der Waals surface area contributed by atoms with Crippen molar-refractivity contribution >= 4 is 17.5 Å². The molecule has 0 spiro atoms. The van der Waals surface area contributed by atoms with E-state index in [4.69, 9.17) is 22.1 Å². The van der Waals surface area contributed by atoms with E-state index in [0.29, 0.717) is 24.6 Å². The molecule has 0 fully saturated rings. The lowest BCUT2D eigenvalue weighted by Gasteiger charge is -2.24. The molecule has 1 aliphatic rings. The Labute approximate surface area is 118 Å². The third-order valence-corrected chi connectivity index (χ3v) is 3.43. The zero-order chi connectivity index (χ0) is 13.8. The first-order valence-electron chi connectivity index (χ1n) is 6.51. The molecule has 3 N–H and O–H groups in total. The van der Waals surface area contributed by atoms with Crippen LogP contribution in [0.3, 0.4) is 0 Å². The number of carbonyl (C=O) groups excluding carboxylic acids is 1. The number of rotatable bonds is 4. The third kappa shape index (κ3) is 3.85. The van der Waals surface area contributed by atoms with Crippen molar-refractivity contribution in [2.45, 2.75) is 25.8 Å². The van der Waals surface area contributed by atoms with Gasteiger partial charge in [0.2, 0.25) is 5.91 Å². The molecule has 2 rings (SSSR count). The Morgan fingerprint density at radius 2 is 2.42 bits per heavy atom. The van der Waals surface area contributed by atoms with E-state index in [9.17, 15) is 4.79 Å². The highest BCUT2D eigenvalue weighted by molar-refractivity contribution is 6.30. The van der Waals surface area contributed by atoms with Gasteiger partial charge in [-0.2, -0.15) is 0 Å². The second kappa shape index (κ2) is 6.26. The second-order valence-electron chi connectivity index (χ2n) is 5.02. The van der Waals surface area contributed by atoms with Gasteiger partial charge >= 0.3 is 0 Å². The van der Waals surface area contributed by atoms with Crippen molar-refractivity contribution in [3.05, 3.63) is 28.8 Å². The van der Waals surface area contributed by atoms with E-state index in [1.165, 1.54) is 0 Å². The van der Waals surface area contributed by atoms with Crippen molar-refractivity contribution in [1.82, 2.24) is 5.32 Å². The third-order valence-electron chi connectivity index (χ3n) is 3.20. The number of fused-ring (bicyclic) bond motifs is 1. The Morgan fingerprint density at radius 3 is 3.16 bits per heavy atom. The van der Waals surface area contributed by atoms with Crippen LogP contribution in [-0.2, 0) is 11.2 Å². The molecule has 104 valence electrons. The highest BCUT2D eigenvalue weighted by Gasteiger charge is 2.25. The Morgan fingerprint density at radius 1 is 1.63 bits per heavy atom. The average Bonchev–Trinajstić information content (AvgIpc) is 2.37. The molecule has 0 radical (unpaired) electrons. The summed E-state index contributed by atoms with van der Waals surface area (Å²) >= 11 is 5.95. The molecule has 0 saturated carbocycles. The Bertz CT molecular complexity index is 463. The maximum atomic E-state index is 12.0. The van der Waals surface area contributed by atoms with Gasteiger partial charge in [0.05, 0.1) is 5.92 Å². The van der Waals surface area contributed by atoms with Gasteiger partial charge in [0.25, 0.3) is 0 Å². The molecular weight excluding hydrogens is 264 g/mol. The molecule has 1 amide bonds. The number of ether oxygens (including phenoxy) is 1. The summed E-state index contributed by atoms with van der Waals surface area (Å²) in [7, 11) is 0. The van der Waals surface area contributed by atoms with Crippen LogP contribution in [0, 0.1) is 5.92 Å². The number of hydrogen-bond acceptors (Lipinski definition) is 3. The summed E-state index contributed by atoms with van der Waals surface area (Å²) < 4.78 is 5.60. The standard InChI is InChI=1S/C14H19ClN2O2/c1-9(16)4-5-17-14(18)11-6-10-7-12(15)2-3-13(10)19-8-11/h2-3,7,9,11H,4-6,8,16H2,1H3,(H,17,18). The van der Waals surface area contributed by atoms with Gasteiger partial charge in [-0.1, -0.05) is 11.6 Å². The van der Waals surface area contributed by atoms with Gasteiger partial charge in [-0.3, -0.25) is 4.79 Å². The van der Waals surface area contributed by atoms with E-state index in [1.807, 2.05) is 19.1 Å². The van der Waals surface area contributed by atoms with E-state index >= 15 is 0 Å². The van der Waals surface area contributed by atoms with Gasteiger partial charge in [-0.25, -0.2) is 0 Å². The minimum atomic E-state index is -0.154. The Balaban J connectivity index is 1.92. The van der Waals surface area contributed by atoms with Crippen molar-refractivity contribution in [3.63, 3.8) is 0 Å².